The molecule has 2 aromatic carbocycles. The number of para-hydroxylation sites is 1. The van der Waals surface area contributed by atoms with Crippen molar-refractivity contribution in [2.24, 2.45) is 4.99 Å². The summed E-state index contributed by atoms with van der Waals surface area (Å²) in [5.41, 5.74) is 2.57. The van der Waals surface area contributed by atoms with Crippen molar-refractivity contribution in [2.75, 3.05) is 24.7 Å². The summed E-state index contributed by atoms with van der Waals surface area (Å²) >= 11 is 5.85. The Bertz CT molecular complexity index is 877. The monoisotopic (exact) mass is 372 g/mol. The number of nitrogens with one attached hydrogen (secondary N) is 1. The molecule has 134 valence electrons. The molecule has 0 radical (unpaired) electrons. The lowest BCUT2D eigenvalue weighted by molar-refractivity contribution is -0.903. The van der Waals surface area contributed by atoms with Crippen molar-refractivity contribution < 1.29 is 14.1 Å². The minimum absolute atomic E-state index is 0.000184. The summed E-state index contributed by atoms with van der Waals surface area (Å²) < 4.78 is 13.4. The molecule has 4 nitrogen and oxygen atoms in total. The quantitative estimate of drug-likeness (QED) is 0.883. The van der Waals surface area contributed by atoms with Gasteiger partial charge in [-0.1, -0.05) is 29.8 Å². The molecule has 0 bridgehead atoms. The van der Waals surface area contributed by atoms with E-state index in [1.54, 1.807) is 0 Å². The fraction of sp³-hybridized carbons (Fsp3) is 0.300. The molecule has 1 fully saturated rings. The lowest BCUT2D eigenvalue weighted by Gasteiger charge is -2.27. The number of fused-ring (bicyclic) bond motifs is 1. The van der Waals surface area contributed by atoms with E-state index in [0.717, 1.165) is 24.3 Å². The summed E-state index contributed by atoms with van der Waals surface area (Å²) in [4.78, 5) is 20.8. The van der Waals surface area contributed by atoms with Crippen LogP contribution in [0.2, 0.25) is 5.02 Å². The van der Waals surface area contributed by atoms with Gasteiger partial charge in [0.15, 0.2) is 6.67 Å². The van der Waals surface area contributed by atoms with Gasteiger partial charge >= 0.3 is 0 Å². The number of benzene rings is 2. The number of amides is 1. The fourth-order valence-electron chi connectivity index (χ4n) is 3.64. The summed E-state index contributed by atoms with van der Waals surface area (Å²) in [6.45, 7) is 2.83. The van der Waals surface area contributed by atoms with E-state index in [2.05, 4.69) is 4.99 Å². The van der Waals surface area contributed by atoms with Crippen molar-refractivity contribution in [1.82, 2.24) is 0 Å². The molecule has 0 aliphatic carbocycles. The highest BCUT2D eigenvalue weighted by molar-refractivity contribution is 6.54. The molecule has 6 heteroatoms. The van der Waals surface area contributed by atoms with Gasteiger partial charge in [-0.3, -0.25) is 9.69 Å². The summed E-state index contributed by atoms with van der Waals surface area (Å²) in [7, 11) is 0. The van der Waals surface area contributed by atoms with Crippen molar-refractivity contribution in [3.8, 4) is 0 Å². The van der Waals surface area contributed by atoms with Gasteiger partial charge in [-0.05, 0) is 43.5 Å². The number of rotatable bonds is 3. The van der Waals surface area contributed by atoms with Crippen LogP contribution in [0, 0.1) is 5.82 Å². The number of hydrogen-bond donors (Lipinski definition) is 1. The van der Waals surface area contributed by atoms with Crippen molar-refractivity contribution in [3.63, 3.8) is 0 Å². The zero-order chi connectivity index (χ0) is 18.1. The predicted molar refractivity (Wildman–Crippen MR) is 101 cm³/mol. The maximum Gasteiger partial charge on any atom is 0.281 e. The number of quaternary nitrogens is 1. The van der Waals surface area contributed by atoms with Crippen LogP contribution in [0.3, 0.4) is 0 Å². The van der Waals surface area contributed by atoms with E-state index in [9.17, 15) is 9.18 Å². The Morgan fingerprint density at radius 2 is 1.88 bits per heavy atom. The molecule has 0 atom stereocenters. The predicted octanol–water partition coefficient (Wildman–Crippen LogP) is 2.97. The van der Waals surface area contributed by atoms with Crippen LogP contribution in [0.4, 0.5) is 15.8 Å². The second kappa shape index (κ2) is 7.17. The Morgan fingerprint density at radius 3 is 2.65 bits per heavy atom. The second-order valence-corrected chi connectivity index (χ2v) is 7.19. The molecule has 26 heavy (non-hydrogen) atoms. The van der Waals surface area contributed by atoms with Crippen molar-refractivity contribution in [3.05, 3.63) is 58.9 Å². The van der Waals surface area contributed by atoms with E-state index in [1.165, 1.54) is 42.4 Å². The Balaban J connectivity index is 1.68. The Labute approximate surface area is 156 Å². The first-order chi connectivity index (χ1) is 12.6. The third-order valence-corrected chi connectivity index (χ3v) is 5.27. The molecular formula is C20H20ClFN3O+. The standard InChI is InChI=1S/C20H19ClFN3O/c21-16-12-14(8-9-17(16)22)23-19-15-6-2-3-7-18(15)25(20(19)26)13-24-10-4-1-5-11-24/h2-3,6-9,12H,1,4-5,10-11,13H2/p+1. The smallest absolute Gasteiger partial charge is 0.281 e. The average molecular weight is 373 g/mol. The van der Waals surface area contributed by atoms with E-state index in [1.807, 2.05) is 29.2 Å². The highest BCUT2D eigenvalue weighted by Crippen LogP contribution is 2.31. The average Bonchev–Trinajstić information content (AvgIpc) is 2.92. The molecule has 2 aromatic rings. The zero-order valence-electron chi connectivity index (χ0n) is 14.3. The van der Waals surface area contributed by atoms with E-state index in [0.29, 0.717) is 18.1 Å². The maximum atomic E-state index is 13.4. The van der Waals surface area contributed by atoms with E-state index >= 15 is 0 Å². The summed E-state index contributed by atoms with van der Waals surface area (Å²) in [6.07, 6.45) is 3.67. The zero-order valence-corrected chi connectivity index (χ0v) is 15.1. The minimum atomic E-state index is -0.496. The first-order valence-electron chi connectivity index (χ1n) is 8.92. The Kier molecular flexibility index (Phi) is 4.74. The number of piperidine rings is 1. The topological polar surface area (TPSA) is 37.1 Å². The summed E-state index contributed by atoms with van der Waals surface area (Å²) in [5.74, 6) is -0.603. The SMILES string of the molecule is O=C1C(=Nc2ccc(F)c(Cl)c2)c2ccccc2N1C[NH+]1CCCCC1. The second-order valence-electron chi connectivity index (χ2n) is 6.78. The van der Waals surface area contributed by atoms with Crippen LogP contribution >= 0.6 is 11.6 Å². The van der Waals surface area contributed by atoms with Crippen LogP contribution < -0.4 is 9.80 Å². The van der Waals surface area contributed by atoms with Crippen molar-refractivity contribution in [1.29, 1.82) is 0 Å². The number of carbonyl (C=O) groups is 1. The lowest BCUT2D eigenvalue weighted by Crippen LogP contribution is -3.14. The molecule has 0 saturated carbocycles. The van der Waals surface area contributed by atoms with Gasteiger partial charge in [-0.15, -0.1) is 0 Å². The number of anilines is 1. The van der Waals surface area contributed by atoms with E-state index < -0.39 is 5.82 Å². The molecule has 4 rings (SSSR count). The van der Waals surface area contributed by atoms with Gasteiger partial charge in [-0.25, -0.2) is 9.38 Å². The Hall–Kier alpha value is -2.24. The van der Waals surface area contributed by atoms with E-state index in [-0.39, 0.29) is 10.9 Å². The van der Waals surface area contributed by atoms with Gasteiger partial charge in [0.2, 0.25) is 0 Å². The molecular weight excluding hydrogens is 353 g/mol. The summed E-state index contributed by atoms with van der Waals surface area (Å²) in [5, 5.41) is 0.000184. The van der Waals surface area contributed by atoms with Gasteiger partial charge in [-0.2, -0.15) is 0 Å². The molecule has 0 spiro atoms. The number of aliphatic imine (C=N–C) groups is 1. The molecule has 0 aromatic heterocycles. The van der Waals surface area contributed by atoms with Crippen molar-refractivity contribution in [2.45, 2.75) is 19.3 Å². The third kappa shape index (κ3) is 3.24. The van der Waals surface area contributed by atoms with Crippen LogP contribution in [0.1, 0.15) is 24.8 Å². The van der Waals surface area contributed by atoms with Gasteiger partial charge < -0.3 is 4.90 Å². The Morgan fingerprint density at radius 1 is 1.12 bits per heavy atom. The van der Waals surface area contributed by atoms with Crippen LogP contribution in [-0.2, 0) is 4.79 Å². The molecule has 1 amide bonds. The third-order valence-electron chi connectivity index (χ3n) is 4.98. The van der Waals surface area contributed by atoms with Crippen LogP contribution in [0.25, 0.3) is 0 Å². The fourth-order valence-corrected chi connectivity index (χ4v) is 3.82. The van der Waals surface area contributed by atoms with Crippen molar-refractivity contribution >= 4 is 34.6 Å². The van der Waals surface area contributed by atoms with Gasteiger partial charge in [0.1, 0.15) is 11.5 Å². The highest BCUT2D eigenvalue weighted by Gasteiger charge is 2.36. The lowest BCUT2D eigenvalue weighted by atomic mass is 10.1. The maximum absolute atomic E-state index is 13.4. The van der Waals surface area contributed by atoms with Crippen LogP contribution in [0.15, 0.2) is 47.5 Å². The molecule has 2 heterocycles. The molecule has 0 unspecified atom stereocenters. The largest absolute Gasteiger partial charge is 0.317 e. The molecule has 1 N–H and O–H groups in total. The minimum Gasteiger partial charge on any atom is -0.317 e. The molecule has 2 aliphatic heterocycles. The van der Waals surface area contributed by atoms with Crippen LogP contribution in [-0.4, -0.2) is 31.4 Å². The first kappa shape index (κ1) is 17.2. The van der Waals surface area contributed by atoms with E-state index in [4.69, 9.17) is 11.6 Å². The normalized spacial score (nSPS) is 19.2. The summed E-state index contributed by atoms with van der Waals surface area (Å²) in [6, 6.07) is 11.9. The number of carbonyl (C=O) groups excluding carboxylic acids is 1. The number of likely N-dealkylation sites (tertiary alicyclic amines) is 1. The van der Waals surface area contributed by atoms with Crippen LogP contribution in [0.5, 0.6) is 0 Å². The van der Waals surface area contributed by atoms with Gasteiger partial charge in [0.05, 0.1) is 29.5 Å². The molecule has 2 aliphatic rings. The number of nitrogens with zero attached hydrogens (tertiary/aromatic N) is 2. The first-order valence-corrected chi connectivity index (χ1v) is 9.30. The molecule has 1 saturated heterocycles. The van der Waals surface area contributed by atoms with Gasteiger partial charge in [0, 0.05) is 5.56 Å². The number of hydrogen-bond acceptors (Lipinski definition) is 2. The number of halogens is 2. The highest BCUT2D eigenvalue weighted by atomic mass is 35.5. The van der Waals surface area contributed by atoms with Gasteiger partial charge in [0.25, 0.3) is 5.91 Å².